The second-order valence-electron chi connectivity index (χ2n) is 2.59. The van der Waals surface area contributed by atoms with Crippen molar-refractivity contribution in [3.63, 3.8) is 0 Å². The molecule has 0 aliphatic heterocycles. The lowest BCUT2D eigenvalue weighted by Crippen LogP contribution is -1.85. The van der Waals surface area contributed by atoms with E-state index in [0.29, 0.717) is 16.8 Å². The van der Waals surface area contributed by atoms with Crippen molar-refractivity contribution in [1.29, 1.82) is 0 Å². The van der Waals surface area contributed by atoms with Gasteiger partial charge in [0.1, 0.15) is 5.75 Å². The number of rotatable bonds is 2. The maximum Gasteiger partial charge on any atom is 0.546 e. The standard InChI is InChI=1S/C8H6N2O4/c1-13-5-2-3-6-7(4-5)14-8(9-6)10(11)12/h2-4H,1H3. The third-order valence-electron chi connectivity index (χ3n) is 1.74. The number of ether oxygens (including phenoxy) is 1. The second-order valence-corrected chi connectivity index (χ2v) is 2.59. The van der Waals surface area contributed by atoms with Gasteiger partial charge >= 0.3 is 6.01 Å². The molecule has 14 heavy (non-hydrogen) atoms. The Hall–Kier alpha value is -2.11. The van der Waals surface area contributed by atoms with Crippen LogP contribution >= 0.6 is 0 Å². The van der Waals surface area contributed by atoms with E-state index in [-0.39, 0.29) is 0 Å². The van der Waals surface area contributed by atoms with E-state index in [0.717, 1.165) is 0 Å². The molecule has 6 nitrogen and oxygen atoms in total. The molecule has 0 bridgehead atoms. The summed E-state index contributed by atoms with van der Waals surface area (Å²) >= 11 is 0. The van der Waals surface area contributed by atoms with Gasteiger partial charge in [-0.15, -0.1) is 0 Å². The lowest BCUT2D eigenvalue weighted by molar-refractivity contribution is -0.406. The van der Waals surface area contributed by atoms with Gasteiger partial charge < -0.3 is 19.3 Å². The molecule has 1 aromatic heterocycles. The smallest absolute Gasteiger partial charge is 0.497 e. The summed E-state index contributed by atoms with van der Waals surface area (Å²) in [5, 5.41) is 10.3. The highest BCUT2D eigenvalue weighted by molar-refractivity contribution is 5.75. The van der Waals surface area contributed by atoms with Crippen molar-refractivity contribution < 1.29 is 14.1 Å². The minimum Gasteiger partial charge on any atom is -0.497 e. The van der Waals surface area contributed by atoms with Crippen molar-refractivity contribution >= 4 is 17.1 Å². The maximum absolute atomic E-state index is 10.3. The molecule has 2 rings (SSSR count). The summed E-state index contributed by atoms with van der Waals surface area (Å²) in [5.41, 5.74) is 0.786. The highest BCUT2D eigenvalue weighted by Crippen LogP contribution is 2.24. The summed E-state index contributed by atoms with van der Waals surface area (Å²) in [6.07, 6.45) is 0. The van der Waals surface area contributed by atoms with Gasteiger partial charge in [0, 0.05) is 16.0 Å². The molecule has 0 N–H and O–H groups in total. The number of nitrogens with zero attached hydrogens (tertiary/aromatic N) is 2. The van der Waals surface area contributed by atoms with Crippen LogP contribution in [0.1, 0.15) is 0 Å². The molecule has 0 saturated carbocycles. The van der Waals surface area contributed by atoms with Gasteiger partial charge in [-0.2, -0.15) is 0 Å². The van der Waals surface area contributed by atoms with Crippen LogP contribution in [0.5, 0.6) is 5.75 Å². The Labute approximate surface area is 78.3 Å². The summed E-state index contributed by atoms with van der Waals surface area (Å²) in [4.78, 5) is 13.3. The van der Waals surface area contributed by atoms with Crippen LogP contribution in [0.3, 0.4) is 0 Å². The van der Waals surface area contributed by atoms with Crippen molar-refractivity contribution in [1.82, 2.24) is 4.98 Å². The minimum atomic E-state index is -0.674. The maximum atomic E-state index is 10.3. The molecule has 1 heterocycles. The number of fused-ring (bicyclic) bond motifs is 1. The molecule has 1 aromatic carbocycles. The number of hydrogen-bond donors (Lipinski definition) is 0. The fourth-order valence-electron chi connectivity index (χ4n) is 1.10. The van der Waals surface area contributed by atoms with E-state index in [1.165, 1.54) is 7.11 Å². The normalized spacial score (nSPS) is 10.4. The van der Waals surface area contributed by atoms with Crippen LogP contribution in [-0.2, 0) is 0 Å². The van der Waals surface area contributed by atoms with Gasteiger partial charge in [0.15, 0.2) is 5.58 Å². The van der Waals surface area contributed by atoms with Crippen molar-refractivity contribution in [3.8, 4) is 5.75 Å². The first-order chi connectivity index (χ1) is 6.70. The van der Waals surface area contributed by atoms with E-state index in [9.17, 15) is 10.1 Å². The van der Waals surface area contributed by atoms with Crippen molar-refractivity contribution in [2.24, 2.45) is 0 Å². The molecule has 0 saturated heterocycles. The molecule has 72 valence electrons. The van der Waals surface area contributed by atoms with E-state index in [2.05, 4.69) is 4.98 Å². The largest absolute Gasteiger partial charge is 0.546 e. The van der Waals surface area contributed by atoms with Crippen LogP contribution in [0.4, 0.5) is 6.01 Å². The first-order valence-electron chi connectivity index (χ1n) is 3.79. The molecule has 0 aliphatic rings. The third-order valence-corrected chi connectivity index (χ3v) is 1.74. The summed E-state index contributed by atoms with van der Waals surface area (Å²) in [6.45, 7) is 0. The Morgan fingerprint density at radius 3 is 3.00 bits per heavy atom. The number of oxazole rings is 1. The zero-order valence-electron chi connectivity index (χ0n) is 7.26. The SMILES string of the molecule is COc1ccc2nc([N+](=O)[O-])oc2c1. The molecule has 2 aromatic rings. The Morgan fingerprint density at radius 1 is 1.57 bits per heavy atom. The van der Waals surface area contributed by atoms with Gasteiger partial charge in [-0.3, -0.25) is 0 Å². The fraction of sp³-hybridized carbons (Fsp3) is 0.125. The lowest BCUT2D eigenvalue weighted by atomic mass is 10.3. The Bertz CT molecular complexity index is 491. The van der Waals surface area contributed by atoms with Gasteiger partial charge in [0.25, 0.3) is 0 Å². The zero-order chi connectivity index (χ0) is 10.1. The van der Waals surface area contributed by atoms with Crippen LogP contribution in [0.15, 0.2) is 22.6 Å². The Balaban J connectivity index is 2.60. The van der Waals surface area contributed by atoms with Crippen LogP contribution < -0.4 is 4.74 Å². The minimum absolute atomic E-state index is 0.344. The molecule has 0 atom stereocenters. The van der Waals surface area contributed by atoms with Crippen molar-refractivity contribution in [3.05, 3.63) is 28.3 Å². The summed E-state index contributed by atoms with van der Waals surface area (Å²) in [6, 6.07) is 4.31. The van der Waals surface area contributed by atoms with Crippen molar-refractivity contribution in [2.75, 3.05) is 7.11 Å². The van der Waals surface area contributed by atoms with E-state index in [1.807, 2.05) is 0 Å². The molecule has 0 fully saturated rings. The first-order valence-corrected chi connectivity index (χ1v) is 3.79. The fourth-order valence-corrected chi connectivity index (χ4v) is 1.10. The zero-order valence-corrected chi connectivity index (χ0v) is 7.26. The quantitative estimate of drug-likeness (QED) is 0.537. The summed E-state index contributed by atoms with van der Waals surface area (Å²) in [5.74, 6) is 0.573. The summed E-state index contributed by atoms with van der Waals surface area (Å²) in [7, 11) is 1.51. The van der Waals surface area contributed by atoms with Crippen LogP contribution in [0, 0.1) is 10.1 Å². The van der Waals surface area contributed by atoms with E-state index in [4.69, 9.17) is 9.15 Å². The third kappa shape index (κ3) is 1.26. The number of hydrogen-bond acceptors (Lipinski definition) is 5. The van der Waals surface area contributed by atoms with E-state index >= 15 is 0 Å². The molecular formula is C8H6N2O4. The van der Waals surface area contributed by atoms with Gasteiger partial charge in [0.2, 0.25) is 5.52 Å². The number of aromatic nitrogens is 1. The Kier molecular flexibility index (Phi) is 1.81. The van der Waals surface area contributed by atoms with E-state index < -0.39 is 10.9 Å². The molecule has 6 heteroatoms. The van der Waals surface area contributed by atoms with Gasteiger partial charge in [-0.25, -0.2) is 0 Å². The van der Waals surface area contributed by atoms with Gasteiger partial charge in [-0.05, 0) is 12.1 Å². The van der Waals surface area contributed by atoms with Crippen LogP contribution in [0.25, 0.3) is 11.1 Å². The number of nitro groups is 1. The molecule has 0 radical (unpaired) electrons. The van der Waals surface area contributed by atoms with Crippen LogP contribution in [-0.4, -0.2) is 17.0 Å². The molecule has 0 spiro atoms. The molecule has 0 aliphatic carbocycles. The summed E-state index contributed by atoms with van der Waals surface area (Å²) < 4.78 is 9.82. The highest BCUT2D eigenvalue weighted by atomic mass is 16.7. The second kappa shape index (κ2) is 2.99. The predicted molar refractivity (Wildman–Crippen MR) is 47.2 cm³/mol. The average Bonchev–Trinajstić information content (AvgIpc) is 2.59. The van der Waals surface area contributed by atoms with E-state index in [1.54, 1.807) is 18.2 Å². The molecule has 0 amide bonds. The topological polar surface area (TPSA) is 78.4 Å². The Morgan fingerprint density at radius 2 is 2.36 bits per heavy atom. The molecular weight excluding hydrogens is 188 g/mol. The monoisotopic (exact) mass is 194 g/mol. The lowest BCUT2D eigenvalue weighted by Gasteiger charge is -1.94. The van der Waals surface area contributed by atoms with Crippen LogP contribution in [0.2, 0.25) is 0 Å². The average molecular weight is 194 g/mol. The van der Waals surface area contributed by atoms with Gasteiger partial charge in [0.05, 0.1) is 7.11 Å². The first kappa shape index (κ1) is 8.49. The number of benzene rings is 1. The highest BCUT2D eigenvalue weighted by Gasteiger charge is 2.17. The number of methoxy groups -OCH3 is 1. The predicted octanol–water partition coefficient (Wildman–Crippen LogP) is 1.74. The van der Waals surface area contributed by atoms with Gasteiger partial charge in [-0.1, -0.05) is 0 Å². The molecule has 0 unspecified atom stereocenters. The van der Waals surface area contributed by atoms with Crippen molar-refractivity contribution in [2.45, 2.75) is 0 Å².